The standard InChI is InChI=1S/C17H17BrN4O4/c1-10-7-11(18)3-5-14(10)21-16(23)9-20-15-6-4-12(22(25)26)8-13(15)17(24)19-2/h3-8,20H,9H2,1-2H3,(H,19,24)(H,21,23). The fourth-order valence-electron chi connectivity index (χ4n) is 2.26. The number of hydrogen-bond donors (Lipinski definition) is 3. The van der Waals surface area contributed by atoms with Gasteiger partial charge in [0, 0.05) is 35.0 Å². The van der Waals surface area contributed by atoms with Gasteiger partial charge in [-0.3, -0.25) is 19.7 Å². The summed E-state index contributed by atoms with van der Waals surface area (Å²) in [5.74, 6) is -0.794. The SMILES string of the molecule is CNC(=O)c1cc([N+](=O)[O-])ccc1NCC(=O)Nc1ccc(Br)cc1C. The van der Waals surface area contributed by atoms with Gasteiger partial charge in [-0.2, -0.15) is 0 Å². The van der Waals surface area contributed by atoms with Gasteiger partial charge in [-0.05, 0) is 36.8 Å². The lowest BCUT2D eigenvalue weighted by Gasteiger charge is -2.12. The molecule has 0 atom stereocenters. The van der Waals surface area contributed by atoms with Crippen molar-refractivity contribution in [3.05, 3.63) is 62.1 Å². The zero-order valence-corrected chi connectivity index (χ0v) is 15.7. The molecule has 2 aromatic rings. The number of carbonyl (C=O) groups excluding carboxylic acids is 2. The molecule has 0 aliphatic heterocycles. The van der Waals surface area contributed by atoms with Crippen molar-refractivity contribution < 1.29 is 14.5 Å². The maximum atomic E-state index is 12.2. The Balaban J connectivity index is 2.11. The monoisotopic (exact) mass is 420 g/mol. The van der Waals surface area contributed by atoms with Crippen molar-refractivity contribution in [1.82, 2.24) is 5.32 Å². The molecule has 0 aliphatic carbocycles. The maximum Gasteiger partial charge on any atom is 0.270 e. The molecule has 0 radical (unpaired) electrons. The zero-order chi connectivity index (χ0) is 19.3. The number of benzene rings is 2. The molecule has 0 saturated heterocycles. The van der Waals surface area contributed by atoms with Gasteiger partial charge in [0.15, 0.2) is 0 Å². The van der Waals surface area contributed by atoms with E-state index in [0.29, 0.717) is 11.4 Å². The van der Waals surface area contributed by atoms with Gasteiger partial charge in [0.1, 0.15) is 0 Å². The van der Waals surface area contributed by atoms with E-state index in [2.05, 4.69) is 31.9 Å². The highest BCUT2D eigenvalue weighted by Crippen LogP contribution is 2.23. The van der Waals surface area contributed by atoms with Crippen LogP contribution in [0.5, 0.6) is 0 Å². The number of aryl methyl sites for hydroxylation is 1. The molecule has 0 fully saturated rings. The largest absolute Gasteiger partial charge is 0.375 e. The number of amides is 2. The maximum absolute atomic E-state index is 12.2. The zero-order valence-electron chi connectivity index (χ0n) is 14.1. The van der Waals surface area contributed by atoms with Gasteiger partial charge in [-0.15, -0.1) is 0 Å². The first-order chi connectivity index (χ1) is 12.3. The first kappa shape index (κ1) is 19.4. The van der Waals surface area contributed by atoms with Crippen LogP contribution in [-0.2, 0) is 4.79 Å². The number of nitro groups is 1. The minimum absolute atomic E-state index is 0.0920. The summed E-state index contributed by atoms with van der Waals surface area (Å²) in [5.41, 5.74) is 1.79. The van der Waals surface area contributed by atoms with E-state index in [1.165, 1.54) is 19.2 Å². The first-order valence-electron chi connectivity index (χ1n) is 7.62. The number of nitrogens with zero attached hydrogens (tertiary/aromatic N) is 1. The molecule has 2 aromatic carbocycles. The molecule has 0 aromatic heterocycles. The Morgan fingerprint density at radius 1 is 1.15 bits per heavy atom. The number of halogens is 1. The van der Waals surface area contributed by atoms with Gasteiger partial charge in [0.25, 0.3) is 11.6 Å². The number of anilines is 2. The number of nitro benzene ring substituents is 1. The van der Waals surface area contributed by atoms with E-state index in [4.69, 9.17) is 0 Å². The summed E-state index contributed by atoms with van der Waals surface area (Å²) in [7, 11) is 1.42. The Bertz CT molecular complexity index is 870. The predicted molar refractivity (Wildman–Crippen MR) is 102 cm³/mol. The number of rotatable bonds is 6. The van der Waals surface area contributed by atoms with E-state index in [-0.39, 0.29) is 23.7 Å². The van der Waals surface area contributed by atoms with Crippen LogP contribution in [0.15, 0.2) is 40.9 Å². The Kier molecular flexibility index (Phi) is 6.29. The summed E-state index contributed by atoms with van der Waals surface area (Å²) in [6.07, 6.45) is 0. The molecule has 0 heterocycles. The minimum atomic E-state index is -0.584. The van der Waals surface area contributed by atoms with Crippen molar-refractivity contribution in [3.63, 3.8) is 0 Å². The van der Waals surface area contributed by atoms with Crippen LogP contribution in [0.4, 0.5) is 17.1 Å². The van der Waals surface area contributed by atoms with Gasteiger partial charge < -0.3 is 16.0 Å². The van der Waals surface area contributed by atoms with Crippen LogP contribution < -0.4 is 16.0 Å². The Hall–Kier alpha value is -2.94. The van der Waals surface area contributed by atoms with E-state index in [9.17, 15) is 19.7 Å². The topological polar surface area (TPSA) is 113 Å². The number of hydrogen-bond acceptors (Lipinski definition) is 5. The Morgan fingerprint density at radius 3 is 2.46 bits per heavy atom. The molecule has 2 amide bonds. The minimum Gasteiger partial charge on any atom is -0.375 e. The average Bonchev–Trinajstić information content (AvgIpc) is 2.61. The van der Waals surface area contributed by atoms with Crippen LogP contribution in [-0.4, -0.2) is 30.3 Å². The van der Waals surface area contributed by atoms with E-state index in [1.54, 1.807) is 6.07 Å². The van der Waals surface area contributed by atoms with E-state index in [1.807, 2.05) is 19.1 Å². The smallest absolute Gasteiger partial charge is 0.270 e. The van der Waals surface area contributed by atoms with Crippen molar-refractivity contribution in [2.75, 3.05) is 24.2 Å². The lowest BCUT2D eigenvalue weighted by Crippen LogP contribution is -2.25. The van der Waals surface area contributed by atoms with Crippen molar-refractivity contribution in [1.29, 1.82) is 0 Å². The van der Waals surface area contributed by atoms with Crippen molar-refractivity contribution in [2.45, 2.75) is 6.92 Å². The third-order valence-corrected chi connectivity index (χ3v) is 4.08. The Labute approximate surface area is 158 Å². The normalized spacial score (nSPS) is 10.1. The number of non-ortho nitro benzene ring substituents is 1. The van der Waals surface area contributed by atoms with Crippen LogP contribution >= 0.6 is 15.9 Å². The molecule has 9 heteroatoms. The third-order valence-electron chi connectivity index (χ3n) is 3.59. The van der Waals surface area contributed by atoms with Crippen molar-refractivity contribution in [2.24, 2.45) is 0 Å². The second-order valence-electron chi connectivity index (χ2n) is 5.43. The predicted octanol–water partition coefficient (Wildman–Crippen LogP) is 3.08. The molecule has 0 unspecified atom stereocenters. The average molecular weight is 421 g/mol. The fraction of sp³-hybridized carbons (Fsp3) is 0.176. The summed E-state index contributed by atoms with van der Waals surface area (Å²) in [6.45, 7) is 1.77. The highest BCUT2D eigenvalue weighted by Gasteiger charge is 2.16. The van der Waals surface area contributed by atoms with Gasteiger partial charge in [-0.25, -0.2) is 0 Å². The summed E-state index contributed by atoms with van der Waals surface area (Å²) in [5, 5.41) is 18.9. The van der Waals surface area contributed by atoms with Gasteiger partial charge in [0.05, 0.1) is 17.0 Å². The second kappa shape index (κ2) is 8.43. The van der Waals surface area contributed by atoms with Crippen molar-refractivity contribution in [3.8, 4) is 0 Å². The lowest BCUT2D eigenvalue weighted by molar-refractivity contribution is -0.384. The molecular formula is C17H17BrN4O4. The van der Waals surface area contributed by atoms with Gasteiger partial charge >= 0.3 is 0 Å². The molecule has 3 N–H and O–H groups in total. The van der Waals surface area contributed by atoms with E-state index >= 15 is 0 Å². The number of nitrogens with one attached hydrogen (secondary N) is 3. The molecule has 2 rings (SSSR count). The summed E-state index contributed by atoms with van der Waals surface area (Å²) >= 11 is 3.36. The van der Waals surface area contributed by atoms with Crippen LogP contribution in [0.3, 0.4) is 0 Å². The summed E-state index contributed by atoms with van der Waals surface area (Å²) in [4.78, 5) is 34.4. The molecular weight excluding hydrogens is 404 g/mol. The molecule has 136 valence electrons. The third kappa shape index (κ3) is 4.79. The van der Waals surface area contributed by atoms with Gasteiger partial charge in [0.2, 0.25) is 5.91 Å². The fourth-order valence-corrected chi connectivity index (χ4v) is 2.74. The van der Waals surface area contributed by atoms with Crippen LogP contribution in [0.25, 0.3) is 0 Å². The highest BCUT2D eigenvalue weighted by molar-refractivity contribution is 9.10. The molecule has 8 nitrogen and oxygen atoms in total. The van der Waals surface area contributed by atoms with Crippen LogP contribution in [0.2, 0.25) is 0 Å². The molecule has 26 heavy (non-hydrogen) atoms. The van der Waals surface area contributed by atoms with Crippen molar-refractivity contribution >= 4 is 44.8 Å². The van der Waals surface area contributed by atoms with E-state index in [0.717, 1.165) is 16.1 Å². The van der Waals surface area contributed by atoms with Crippen LogP contribution in [0, 0.1) is 17.0 Å². The number of carbonyl (C=O) groups is 2. The summed E-state index contributed by atoms with van der Waals surface area (Å²) in [6, 6.07) is 9.31. The Morgan fingerprint density at radius 2 is 1.85 bits per heavy atom. The van der Waals surface area contributed by atoms with Crippen LogP contribution in [0.1, 0.15) is 15.9 Å². The lowest BCUT2D eigenvalue weighted by atomic mass is 10.1. The second-order valence-corrected chi connectivity index (χ2v) is 6.34. The first-order valence-corrected chi connectivity index (χ1v) is 8.41. The van der Waals surface area contributed by atoms with E-state index < -0.39 is 10.8 Å². The summed E-state index contributed by atoms with van der Waals surface area (Å²) < 4.78 is 0.909. The molecule has 0 saturated carbocycles. The molecule has 0 bridgehead atoms. The van der Waals surface area contributed by atoms with Gasteiger partial charge in [-0.1, -0.05) is 15.9 Å². The molecule has 0 spiro atoms. The molecule has 0 aliphatic rings. The quantitative estimate of drug-likeness (QED) is 0.490. The highest BCUT2D eigenvalue weighted by atomic mass is 79.9.